The molecule has 1 amide bonds. The number of amides is 1. The number of alkyl halides is 3. The molecule has 0 bridgehead atoms. The first kappa shape index (κ1) is 15.5. The lowest BCUT2D eigenvalue weighted by molar-refractivity contribution is -0.136. The quantitative estimate of drug-likeness (QED) is 0.832. The summed E-state index contributed by atoms with van der Waals surface area (Å²) in [5.41, 5.74) is 6.43. The molecule has 1 aromatic rings. The second-order valence-electron chi connectivity index (χ2n) is 4.28. The highest BCUT2D eigenvalue weighted by atomic mass is 19.4. The molecule has 0 saturated carbocycles. The molecule has 3 nitrogen and oxygen atoms in total. The van der Waals surface area contributed by atoms with Gasteiger partial charge in [-0.15, -0.1) is 0 Å². The van der Waals surface area contributed by atoms with Gasteiger partial charge < -0.3 is 11.1 Å². The zero-order valence-electron chi connectivity index (χ0n) is 10.4. The Morgan fingerprint density at radius 3 is 2.42 bits per heavy atom. The van der Waals surface area contributed by atoms with E-state index in [9.17, 15) is 18.0 Å². The summed E-state index contributed by atoms with van der Waals surface area (Å²) in [4.78, 5) is 11.7. The van der Waals surface area contributed by atoms with E-state index in [-0.39, 0.29) is 6.54 Å². The van der Waals surface area contributed by atoms with Crippen molar-refractivity contribution in [3.05, 3.63) is 35.9 Å². The Balaban J connectivity index is 2.44. The van der Waals surface area contributed by atoms with Crippen LogP contribution >= 0.6 is 0 Å². The maximum atomic E-state index is 12.0. The highest BCUT2D eigenvalue weighted by Gasteiger charge is 2.27. The number of carbonyl (C=O) groups is 1. The van der Waals surface area contributed by atoms with E-state index in [1.165, 1.54) is 0 Å². The first-order chi connectivity index (χ1) is 8.92. The molecule has 0 aliphatic heterocycles. The van der Waals surface area contributed by atoms with E-state index < -0.39 is 31.0 Å². The predicted molar refractivity (Wildman–Crippen MR) is 66.4 cm³/mol. The molecule has 0 aliphatic carbocycles. The van der Waals surface area contributed by atoms with Gasteiger partial charge in [0, 0.05) is 13.1 Å². The number of halogens is 3. The lowest BCUT2D eigenvalue weighted by atomic mass is 9.98. The van der Waals surface area contributed by atoms with E-state index in [2.05, 4.69) is 5.32 Å². The third-order valence-corrected chi connectivity index (χ3v) is 2.69. The highest BCUT2D eigenvalue weighted by Crippen LogP contribution is 2.18. The third-order valence-electron chi connectivity index (χ3n) is 2.69. The third kappa shape index (κ3) is 6.24. The molecule has 1 rings (SSSR count). The lowest BCUT2D eigenvalue weighted by Gasteiger charge is -2.15. The summed E-state index contributed by atoms with van der Waals surface area (Å²) in [7, 11) is 0. The highest BCUT2D eigenvalue weighted by molar-refractivity contribution is 5.79. The van der Waals surface area contributed by atoms with Crippen molar-refractivity contribution in [1.82, 2.24) is 5.32 Å². The van der Waals surface area contributed by atoms with Crippen molar-refractivity contribution in [2.24, 2.45) is 11.7 Å². The molecule has 1 unspecified atom stereocenters. The average molecular weight is 274 g/mol. The maximum absolute atomic E-state index is 12.0. The van der Waals surface area contributed by atoms with Crippen LogP contribution in [-0.4, -0.2) is 25.2 Å². The van der Waals surface area contributed by atoms with Crippen LogP contribution in [0.25, 0.3) is 0 Å². The average Bonchev–Trinajstić information content (AvgIpc) is 2.35. The first-order valence-electron chi connectivity index (χ1n) is 6.01. The molecule has 0 fully saturated rings. The van der Waals surface area contributed by atoms with Crippen LogP contribution in [-0.2, 0) is 11.2 Å². The molecular weight excluding hydrogens is 257 g/mol. The van der Waals surface area contributed by atoms with Crippen LogP contribution in [0.15, 0.2) is 30.3 Å². The number of benzene rings is 1. The molecule has 0 heterocycles. The molecule has 0 spiro atoms. The molecule has 0 aromatic heterocycles. The maximum Gasteiger partial charge on any atom is 0.390 e. The lowest BCUT2D eigenvalue weighted by Crippen LogP contribution is -2.37. The topological polar surface area (TPSA) is 55.1 Å². The van der Waals surface area contributed by atoms with Crippen molar-refractivity contribution in [3.8, 4) is 0 Å². The number of nitrogens with one attached hydrogen (secondary N) is 1. The van der Waals surface area contributed by atoms with Crippen LogP contribution in [0.4, 0.5) is 13.2 Å². The monoisotopic (exact) mass is 274 g/mol. The summed E-state index contributed by atoms with van der Waals surface area (Å²) in [5, 5.41) is 2.27. The Labute approximate surface area is 110 Å². The minimum atomic E-state index is -4.26. The summed E-state index contributed by atoms with van der Waals surface area (Å²) >= 11 is 0. The summed E-state index contributed by atoms with van der Waals surface area (Å²) in [5.74, 6) is -0.939. The first-order valence-corrected chi connectivity index (χ1v) is 6.01. The van der Waals surface area contributed by atoms with E-state index in [0.29, 0.717) is 6.42 Å². The van der Waals surface area contributed by atoms with Crippen LogP contribution in [0.2, 0.25) is 0 Å². The van der Waals surface area contributed by atoms with Gasteiger partial charge in [0.05, 0.1) is 12.3 Å². The summed E-state index contributed by atoms with van der Waals surface area (Å²) < 4.78 is 35.9. The van der Waals surface area contributed by atoms with E-state index in [1.54, 1.807) is 0 Å². The Bertz CT molecular complexity index is 393. The molecular formula is C13H17F3N2O. The van der Waals surface area contributed by atoms with Gasteiger partial charge in [-0.2, -0.15) is 13.2 Å². The second kappa shape index (κ2) is 7.13. The van der Waals surface area contributed by atoms with Crippen molar-refractivity contribution >= 4 is 5.91 Å². The fraction of sp³-hybridized carbons (Fsp3) is 0.462. The molecule has 0 saturated heterocycles. The number of nitrogens with two attached hydrogens (primary N) is 1. The van der Waals surface area contributed by atoms with Gasteiger partial charge in [-0.25, -0.2) is 0 Å². The van der Waals surface area contributed by atoms with Gasteiger partial charge in [-0.05, 0) is 12.0 Å². The van der Waals surface area contributed by atoms with Crippen molar-refractivity contribution in [2.45, 2.75) is 19.0 Å². The number of hydrogen-bond acceptors (Lipinski definition) is 2. The minimum Gasteiger partial charge on any atom is -0.355 e. The summed E-state index contributed by atoms with van der Waals surface area (Å²) in [6, 6.07) is 9.23. The van der Waals surface area contributed by atoms with Crippen LogP contribution in [0.5, 0.6) is 0 Å². The Kier molecular flexibility index (Phi) is 5.82. The minimum absolute atomic E-state index is 0.104. The van der Waals surface area contributed by atoms with Gasteiger partial charge in [0.15, 0.2) is 0 Å². The Morgan fingerprint density at radius 2 is 1.89 bits per heavy atom. The normalized spacial score (nSPS) is 13.1. The van der Waals surface area contributed by atoms with E-state index >= 15 is 0 Å². The summed E-state index contributed by atoms with van der Waals surface area (Å²) in [6.07, 6.45) is -4.86. The zero-order valence-corrected chi connectivity index (χ0v) is 10.4. The molecule has 1 aromatic carbocycles. The molecule has 0 aliphatic rings. The zero-order chi connectivity index (χ0) is 14.3. The van der Waals surface area contributed by atoms with Gasteiger partial charge >= 0.3 is 6.18 Å². The molecule has 0 radical (unpaired) electrons. The molecule has 6 heteroatoms. The molecule has 1 atom stereocenters. The van der Waals surface area contributed by atoms with Crippen molar-refractivity contribution in [1.29, 1.82) is 0 Å². The second-order valence-corrected chi connectivity index (χ2v) is 4.28. The Hall–Kier alpha value is -1.56. The number of carbonyl (C=O) groups excluding carboxylic acids is 1. The largest absolute Gasteiger partial charge is 0.390 e. The fourth-order valence-electron chi connectivity index (χ4n) is 1.65. The molecule has 106 valence electrons. The van der Waals surface area contributed by atoms with Gasteiger partial charge in [-0.3, -0.25) is 4.79 Å². The van der Waals surface area contributed by atoms with Crippen LogP contribution in [0.1, 0.15) is 12.0 Å². The standard InChI is InChI=1S/C13H17F3N2O/c14-13(15,16)6-7-18-12(19)11(9-17)8-10-4-2-1-3-5-10/h1-5,11H,6-9,17H2,(H,18,19). The predicted octanol–water partition coefficient (Wildman–Crippen LogP) is 1.87. The van der Waals surface area contributed by atoms with Crippen molar-refractivity contribution < 1.29 is 18.0 Å². The Morgan fingerprint density at radius 1 is 1.26 bits per heavy atom. The van der Waals surface area contributed by atoms with Gasteiger partial charge in [-0.1, -0.05) is 30.3 Å². The van der Waals surface area contributed by atoms with E-state index in [1.807, 2.05) is 30.3 Å². The van der Waals surface area contributed by atoms with Crippen LogP contribution < -0.4 is 11.1 Å². The van der Waals surface area contributed by atoms with Gasteiger partial charge in [0.25, 0.3) is 0 Å². The van der Waals surface area contributed by atoms with Gasteiger partial charge in [0.1, 0.15) is 0 Å². The SMILES string of the molecule is NCC(Cc1ccccc1)C(=O)NCCC(F)(F)F. The molecule has 3 N–H and O–H groups in total. The van der Waals surface area contributed by atoms with E-state index in [4.69, 9.17) is 5.73 Å². The number of hydrogen-bond donors (Lipinski definition) is 2. The van der Waals surface area contributed by atoms with E-state index in [0.717, 1.165) is 5.56 Å². The molecule has 19 heavy (non-hydrogen) atoms. The smallest absolute Gasteiger partial charge is 0.355 e. The summed E-state index contributed by atoms with van der Waals surface area (Å²) in [6.45, 7) is -0.305. The van der Waals surface area contributed by atoms with Crippen LogP contribution in [0, 0.1) is 5.92 Å². The van der Waals surface area contributed by atoms with Crippen LogP contribution in [0.3, 0.4) is 0 Å². The van der Waals surface area contributed by atoms with Crippen molar-refractivity contribution in [3.63, 3.8) is 0 Å². The number of rotatable bonds is 6. The van der Waals surface area contributed by atoms with Crippen molar-refractivity contribution in [2.75, 3.05) is 13.1 Å². The fourth-order valence-corrected chi connectivity index (χ4v) is 1.65. The van der Waals surface area contributed by atoms with Gasteiger partial charge in [0.2, 0.25) is 5.91 Å².